The fourth-order valence-electron chi connectivity index (χ4n) is 9.43. The van der Waals surface area contributed by atoms with Crippen molar-refractivity contribution >= 4 is 99.4 Å². The first-order chi connectivity index (χ1) is 27.3. The summed E-state index contributed by atoms with van der Waals surface area (Å²) in [5, 5.41) is 11.2. The summed E-state index contributed by atoms with van der Waals surface area (Å²) < 4.78 is 11.0. The van der Waals surface area contributed by atoms with Gasteiger partial charge in [0.05, 0.1) is 27.8 Å². The molecule has 0 atom stereocenters. The maximum Gasteiger partial charge on any atom is 0.153 e. The zero-order valence-electron chi connectivity index (χ0n) is 29.4. The number of benzene rings is 7. The molecule has 1 aliphatic carbocycles. The van der Waals surface area contributed by atoms with E-state index < -0.39 is 0 Å². The molecule has 0 spiro atoms. The number of furan rings is 1. The Morgan fingerprint density at radius 3 is 1.73 bits per heavy atom. The second-order valence-electron chi connectivity index (χ2n) is 14.5. The first-order valence-electron chi connectivity index (χ1n) is 18.7. The van der Waals surface area contributed by atoms with Crippen LogP contribution in [0.2, 0.25) is 0 Å². The predicted octanol–water partition coefficient (Wildman–Crippen LogP) is 13.0. The van der Waals surface area contributed by atoms with E-state index in [1.807, 2.05) is 36.7 Å². The van der Waals surface area contributed by atoms with E-state index >= 15 is 0 Å². The number of hydrogen-bond donors (Lipinski definition) is 0. The molecular formula is C50H28N4O. The lowest BCUT2D eigenvalue weighted by Crippen LogP contribution is -1.98. The second-order valence-corrected chi connectivity index (χ2v) is 14.5. The highest BCUT2D eigenvalue weighted by Crippen LogP contribution is 2.49. The van der Waals surface area contributed by atoms with Crippen LogP contribution in [0.25, 0.3) is 122 Å². The third-order valence-corrected chi connectivity index (χ3v) is 11.7. The third kappa shape index (κ3) is 3.81. The maximum absolute atomic E-state index is 6.16. The van der Waals surface area contributed by atoms with Gasteiger partial charge in [-0.2, -0.15) is 0 Å². The van der Waals surface area contributed by atoms with Gasteiger partial charge in [-0.3, -0.25) is 9.97 Å². The summed E-state index contributed by atoms with van der Waals surface area (Å²) >= 11 is 0. The molecule has 55 heavy (non-hydrogen) atoms. The van der Waals surface area contributed by atoms with Crippen molar-refractivity contribution in [1.82, 2.24) is 19.1 Å². The lowest BCUT2D eigenvalue weighted by atomic mass is 9.83. The molecule has 0 fully saturated rings. The van der Waals surface area contributed by atoms with Crippen LogP contribution in [0.1, 0.15) is 11.1 Å². The average Bonchev–Trinajstić information content (AvgIpc) is 3.89. The molecule has 0 aliphatic heterocycles. The van der Waals surface area contributed by atoms with Crippen molar-refractivity contribution in [3.63, 3.8) is 0 Å². The van der Waals surface area contributed by atoms with E-state index in [0.29, 0.717) is 0 Å². The summed E-state index contributed by atoms with van der Waals surface area (Å²) in [6.45, 7) is 0. The van der Waals surface area contributed by atoms with Gasteiger partial charge < -0.3 is 13.6 Å². The van der Waals surface area contributed by atoms with E-state index in [0.717, 1.165) is 44.7 Å². The van der Waals surface area contributed by atoms with Crippen molar-refractivity contribution in [3.05, 3.63) is 169 Å². The standard InChI is InChI=1S/C50H28N4O/c1-3-14-40-36(11-1)48-42(53(40)30-10-7-9-29(27-30)39-13-5-6-25-51-39)22-20-34-35-21-23-43-49(47(35)33-19-18-32(33)46(34)48)37-12-2-4-15-41(37)54(43)31-17-24-44-38(28-31)50-45(55-44)16-8-26-52-50/h1-28H. The summed E-state index contributed by atoms with van der Waals surface area (Å²) in [7, 11) is 0. The van der Waals surface area contributed by atoms with Gasteiger partial charge in [-0.25, -0.2) is 0 Å². The number of aromatic nitrogens is 4. The van der Waals surface area contributed by atoms with Gasteiger partial charge in [0.15, 0.2) is 5.58 Å². The predicted molar refractivity (Wildman–Crippen MR) is 227 cm³/mol. The fraction of sp³-hybridized carbons (Fsp3) is 0. The van der Waals surface area contributed by atoms with Gasteiger partial charge >= 0.3 is 0 Å². The molecule has 5 heterocycles. The van der Waals surface area contributed by atoms with Gasteiger partial charge in [0.1, 0.15) is 11.1 Å². The van der Waals surface area contributed by atoms with Crippen molar-refractivity contribution in [2.24, 2.45) is 0 Å². The normalized spacial score (nSPS) is 12.7. The summed E-state index contributed by atoms with van der Waals surface area (Å²) in [5.74, 6) is 0. The molecule has 13 rings (SSSR count). The van der Waals surface area contributed by atoms with Crippen molar-refractivity contribution in [3.8, 4) is 22.6 Å². The molecule has 0 unspecified atom stereocenters. The molecule has 0 saturated carbocycles. The SMILES string of the molecule is C1=Cc2c1c1c(ccc3c1c1ccccc1n3-c1cccc(-c3ccccn3)c1)c1ccc3c(c4ccccc4n3-c3ccc4oc5cccnc5c4c3)c21. The monoisotopic (exact) mass is 700 g/mol. The van der Waals surface area contributed by atoms with Crippen LogP contribution in [-0.2, 0) is 0 Å². The zero-order valence-corrected chi connectivity index (χ0v) is 29.4. The Bertz CT molecular complexity index is 3660. The van der Waals surface area contributed by atoms with Crippen molar-refractivity contribution < 1.29 is 4.42 Å². The van der Waals surface area contributed by atoms with E-state index in [9.17, 15) is 0 Å². The highest BCUT2D eigenvalue weighted by Gasteiger charge is 2.25. The Morgan fingerprint density at radius 1 is 0.400 bits per heavy atom. The van der Waals surface area contributed by atoms with E-state index in [2.05, 4.69) is 153 Å². The van der Waals surface area contributed by atoms with Crippen LogP contribution in [0.3, 0.4) is 0 Å². The summed E-state index contributed by atoms with van der Waals surface area (Å²) in [6, 6.07) is 52.2. The quantitative estimate of drug-likeness (QED) is 0.172. The number of nitrogens with zero attached hydrogens (tertiary/aromatic N) is 4. The molecular weight excluding hydrogens is 673 g/mol. The van der Waals surface area contributed by atoms with Crippen LogP contribution in [0.15, 0.2) is 162 Å². The Kier molecular flexibility index (Phi) is 5.57. The van der Waals surface area contributed by atoms with Gasteiger partial charge in [-0.05, 0) is 101 Å². The lowest BCUT2D eigenvalue weighted by Gasteiger charge is -2.20. The van der Waals surface area contributed by atoms with E-state index in [1.54, 1.807) is 0 Å². The Morgan fingerprint density at radius 2 is 1.05 bits per heavy atom. The molecule has 0 bridgehead atoms. The molecule has 0 amide bonds. The smallest absolute Gasteiger partial charge is 0.153 e. The largest absolute Gasteiger partial charge is 0.454 e. The van der Waals surface area contributed by atoms with Crippen LogP contribution in [-0.4, -0.2) is 19.1 Å². The Labute approximate surface area is 313 Å². The summed E-state index contributed by atoms with van der Waals surface area (Å²) in [5.41, 5.74) is 14.2. The first kappa shape index (κ1) is 29.0. The molecule has 0 radical (unpaired) electrons. The van der Waals surface area contributed by atoms with Crippen molar-refractivity contribution in [1.29, 1.82) is 0 Å². The minimum absolute atomic E-state index is 0.802. The van der Waals surface area contributed by atoms with Crippen LogP contribution in [0.5, 0.6) is 0 Å². The second kappa shape index (κ2) is 10.6. The van der Waals surface area contributed by atoms with Gasteiger partial charge in [0.25, 0.3) is 0 Å². The molecule has 254 valence electrons. The number of fused-ring (bicyclic) bond motifs is 17. The van der Waals surface area contributed by atoms with Gasteiger partial charge in [0.2, 0.25) is 0 Å². The highest BCUT2D eigenvalue weighted by atomic mass is 16.3. The maximum atomic E-state index is 6.16. The summed E-state index contributed by atoms with van der Waals surface area (Å²) in [6.07, 6.45) is 8.31. The minimum Gasteiger partial charge on any atom is -0.454 e. The van der Waals surface area contributed by atoms with Crippen molar-refractivity contribution in [2.45, 2.75) is 0 Å². The third-order valence-electron chi connectivity index (χ3n) is 11.7. The molecule has 0 saturated heterocycles. The lowest BCUT2D eigenvalue weighted by molar-refractivity contribution is 0.668. The van der Waals surface area contributed by atoms with E-state index in [-0.39, 0.29) is 0 Å². The van der Waals surface area contributed by atoms with Gasteiger partial charge in [-0.15, -0.1) is 0 Å². The molecule has 5 heteroatoms. The van der Waals surface area contributed by atoms with Crippen LogP contribution >= 0.6 is 0 Å². The topological polar surface area (TPSA) is 48.8 Å². The Hall–Kier alpha value is -7.50. The van der Waals surface area contributed by atoms with Crippen LogP contribution < -0.4 is 0 Å². The van der Waals surface area contributed by atoms with Crippen LogP contribution in [0, 0.1) is 0 Å². The van der Waals surface area contributed by atoms with Crippen molar-refractivity contribution in [2.75, 3.05) is 0 Å². The average molecular weight is 701 g/mol. The Balaban J connectivity index is 1.11. The first-order valence-corrected chi connectivity index (χ1v) is 18.7. The number of para-hydroxylation sites is 2. The van der Waals surface area contributed by atoms with E-state index in [1.165, 1.54) is 76.3 Å². The molecule has 12 aromatic rings. The molecule has 0 N–H and O–H groups in total. The number of hydrogen-bond acceptors (Lipinski definition) is 3. The van der Waals surface area contributed by atoms with Gasteiger partial charge in [-0.1, -0.05) is 78.9 Å². The molecule has 5 nitrogen and oxygen atoms in total. The molecule has 7 aromatic carbocycles. The molecule has 1 aliphatic rings. The fourth-order valence-corrected chi connectivity index (χ4v) is 9.43. The minimum atomic E-state index is 0.802. The highest BCUT2D eigenvalue weighted by molar-refractivity contribution is 6.35. The zero-order chi connectivity index (χ0) is 35.8. The van der Waals surface area contributed by atoms with Crippen LogP contribution in [0.4, 0.5) is 0 Å². The number of pyridine rings is 2. The molecule has 5 aromatic heterocycles. The number of rotatable bonds is 3. The summed E-state index contributed by atoms with van der Waals surface area (Å²) in [4.78, 5) is 9.33. The van der Waals surface area contributed by atoms with E-state index in [4.69, 9.17) is 4.42 Å². The van der Waals surface area contributed by atoms with Gasteiger partial charge in [0, 0.05) is 67.0 Å².